The van der Waals surface area contributed by atoms with E-state index >= 15 is 0 Å². The maximum Gasteiger partial charge on any atom is 0.254 e. The van der Waals surface area contributed by atoms with Crippen molar-refractivity contribution in [2.75, 3.05) is 6.54 Å². The summed E-state index contributed by atoms with van der Waals surface area (Å²) in [6.07, 6.45) is -0.566. The number of benzene rings is 2. The second-order valence-electron chi connectivity index (χ2n) is 6.35. The summed E-state index contributed by atoms with van der Waals surface area (Å²) in [5.41, 5.74) is 2.47. The lowest BCUT2D eigenvalue weighted by atomic mass is 10.0. The van der Waals surface area contributed by atoms with Gasteiger partial charge >= 0.3 is 0 Å². The smallest absolute Gasteiger partial charge is 0.254 e. The summed E-state index contributed by atoms with van der Waals surface area (Å²) >= 11 is 0. The topological polar surface area (TPSA) is 40.5 Å². The Morgan fingerprint density at radius 3 is 2.62 bits per heavy atom. The minimum atomic E-state index is -0.757. The van der Waals surface area contributed by atoms with Crippen molar-refractivity contribution in [3.8, 4) is 0 Å². The minimum Gasteiger partial charge on any atom is -0.391 e. The van der Waals surface area contributed by atoms with Crippen molar-refractivity contribution in [1.82, 2.24) is 4.90 Å². The number of hydrogen-bond donors (Lipinski definition) is 1. The number of aryl methyl sites for hydroxylation is 2. The van der Waals surface area contributed by atoms with Gasteiger partial charge in [0, 0.05) is 17.7 Å². The van der Waals surface area contributed by atoms with Crippen LogP contribution in [0.2, 0.25) is 0 Å². The van der Waals surface area contributed by atoms with Crippen LogP contribution in [0.1, 0.15) is 39.5 Å². The lowest BCUT2D eigenvalue weighted by molar-refractivity contribution is 0.0713. The molecule has 0 radical (unpaired) electrons. The van der Waals surface area contributed by atoms with E-state index in [-0.39, 0.29) is 24.4 Å². The number of nitrogens with zero attached hydrogens (tertiary/aromatic N) is 1. The van der Waals surface area contributed by atoms with Crippen molar-refractivity contribution in [2.24, 2.45) is 0 Å². The van der Waals surface area contributed by atoms with Gasteiger partial charge in [0.15, 0.2) is 0 Å². The molecule has 0 aliphatic carbocycles. The highest BCUT2D eigenvalue weighted by molar-refractivity contribution is 5.96. The Balaban J connectivity index is 1.98. The first-order valence-corrected chi connectivity index (χ1v) is 7.88. The van der Waals surface area contributed by atoms with Crippen LogP contribution in [0.5, 0.6) is 0 Å². The molecule has 1 N–H and O–H groups in total. The monoisotopic (exact) mass is 331 g/mol. The molecular weight excluding hydrogens is 312 g/mol. The van der Waals surface area contributed by atoms with Crippen molar-refractivity contribution in [3.05, 3.63) is 70.3 Å². The van der Waals surface area contributed by atoms with Gasteiger partial charge in [-0.2, -0.15) is 0 Å². The number of carbonyl (C=O) groups is 1. The zero-order chi connectivity index (χ0) is 17.4. The Hall–Kier alpha value is -2.27. The summed E-state index contributed by atoms with van der Waals surface area (Å²) in [6, 6.07) is 7.98. The molecule has 24 heavy (non-hydrogen) atoms. The van der Waals surface area contributed by atoms with Gasteiger partial charge in [0.2, 0.25) is 0 Å². The third-order valence-corrected chi connectivity index (χ3v) is 4.47. The van der Waals surface area contributed by atoms with Crippen molar-refractivity contribution in [2.45, 2.75) is 32.4 Å². The molecular formula is C19H19F2NO2. The van der Waals surface area contributed by atoms with Crippen LogP contribution in [-0.4, -0.2) is 28.6 Å². The number of aliphatic hydroxyl groups is 1. The number of likely N-dealkylation sites (tertiary alicyclic amines) is 1. The standard InChI is InChI=1S/C19H19F2NO2/c1-11-3-5-15(12(2)7-11)19(24)22-10-14(23)9-18(22)16-8-13(20)4-6-17(16)21/h3-8,14,18,23H,9-10H2,1-2H3. The fourth-order valence-electron chi connectivity index (χ4n) is 3.31. The first kappa shape index (κ1) is 16.6. The predicted molar refractivity (Wildman–Crippen MR) is 86.7 cm³/mol. The van der Waals surface area contributed by atoms with Crippen molar-refractivity contribution < 1.29 is 18.7 Å². The Bertz CT molecular complexity index is 791. The average Bonchev–Trinajstić information content (AvgIpc) is 2.91. The largest absolute Gasteiger partial charge is 0.391 e. The van der Waals surface area contributed by atoms with Gasteiger partial charge in [-0.1, -0.05) is 17.7 Å². The zero-order valence-corrected chi connectivity index (χ0v) is 13.6. The fourth-order valence-corrected chi connectivity index (χ4v) is 3.31. The van der Waals surface area contributed by atoms with Crippen LogP contribution >= 0.6 is 0 Å². The fraction of sp³-hybridized carbons (Fsp3) is 0.316. The predicted octanol–water partition coefficient (Wildman–Crippen LogP) is 3.53. The van der Waals surface area contributed by atoms with E-state index < -0.39 is 23.8 Å². The van der Waals surface area contributed by atoms with Crippen LogP contribution in [0, 0.1) is 25.5 Å². The number of carbonyl (C=O) groups excluding carboxylic acids is 1. The van der Waals surface area contributed by atoms with Gasteiger partial charge in [-0.05, 0) is 50.1 Å². The minimum absolute atomic E-state index is 0.102. The maximum absolute atomic E-state index is 14.1. The molecule has 0 saturated carbocycles. The molecule has 3 nitrogen and oxygen atoms in total. The molecule has 126 valence electrons. The van der Waals surface area contributed by atoms with Crippen LogP contribution in [0.3, 0.4) is 0 Å². The molecule has 0 bridgehead atoms. The van der Waals surface area contributed by atoms with E-state index in [1.807, 2.05) is 26.0 Å². The Kier molecular flexibility index (Phi) is 4.37. The number of rotatable bonds is 2. The van der Waals surface area contributed by atoms with Gasteiger partial charge in [-0.25, -0.2) is 8.78 Å². The van der Waals surface area contributed by atoms with Gasteiger partial charge in [-0.15, -0.1) is 0 Å². The highest BCUT2D eigenvalue weighted by Crippen LogP contribution is 2.35. The lowest BCUT2D eigenvalue weighted by Gasteiger charge is -2.26. The first-order chi connectivity index (χ1) is 11.4. The van der Waals surface area contributed by atoms with Gasteiger partial charge in [0.25, 0.3) is 5.91 Å². The zero-order valence-electron chi connectivity index (χ0n) is 13.6. The maximum atomic E-state index is 14.1. The Labute approximate surface area is 139 Å². The summed E-state index contributed by atoms with van der Waals surface area (Å²) in [7, 11) is 0. The van der Waals surface area contributed by atoms with Crippen LogP contribution < -0.4 is 0 Å². The number of amides is 1. The number of halogens is 2. The molecule has 2 unspecified atom stereocenters. The van der Waals surface area contributed by atoms with E-state index in [2.05, 4.69) is 0 Å². The van der Waals surface area contributed by atoms with Crippen molar-refractivity contribution in [3.63, 3.8) is 0 Å². The number of β-amino-alcohol motifs (C(OH)–C–C–N with tert-alkyl or cyclic N) is 1. The highest BCUT2D eigenvalue weighted by atomic mass is 19.1. The van der Waals surface area contributed by atoms with E-state index in [1.165, 1.54) is 4.90 Å². The van der Waals surface area contributed by atoms with E-state index in [4.69, 9.17) is 0 Å². The molecule has 0 spiro atoms. The number of hydrogen-bond acceptors (Lipinski definition) is 2. The van der Waals surface area contributed by atoms with Crippen molar-refractivity contribution >= 4 is 5.91 Å². The molecule has 2 atom stereocenters. The quantitative estimate of drug-likeness (QED) is 0.914. The Morgan fingerprint density at radius 2 is 1.92 bits per heavy atom. The molecule has 1 heterocycles. The second kappa shape index (κ2) is 6.32. The molecule has 1 saturated heterocycles. The van der Waals surface area contributed by atoms with Gasteiger partial charge in [0.05, 0.1) is 12.1 Å². The molecule has 2 aromatic rings. The summed E-state index contributed by atoms with van der Waals surface area (Å²) in [4.78, 5) is 14.3. The second-order valence-corrected chi connectivity index (χ2v) is 6.35. The third kappa shape index (κ3) is 3.04. The summed E-state index contributed by atoms with van der Waals surface area (Å²) in [5, 5.41) is 9.99. The highest BCUT2D eigenvalue weighted by Gasteiger charge is 2.37. The third-order valence-electron chi connectivity index (χ3n) is 4.47. The van der Waals surface area contributed by atoms with Crippen LogP contribution in [0.15, 0.2) is 36.4 Å². The molecule has 5 heteroatoms. The Morgan fingerprint density at radius 1 is 1.17 bits per heavy atom. The molecule has 1 aliphatic heterocycles. The van der Waals surface area contributed by atoms with Crippen molar-refractivity contribution in [1.29, 1.82) is 0 Å². The average molecular weight is 331 g/mol. The summed E-state index contributed by atoms with van der Waals surface area (Å²) in [5.74, 6) is -1.42. The van der Waals surface area contributed by atoms with Gasteiger partial charge in [-0.3, -0.25) is 4.79 Å². The SMILES string of the molecule is Cc1ccc(C(=O)N2CC(O)CC2c2cc(F)ccc2F)c(C)c1. The van der Waals surface area contributed by atoms with E-state index in [9.17, 15) is 18.7 Å². The van der Waals surface area contributed by atoms with Gasteiger partial charge in [0.1, 0.15) is 11.6 Å². The van der Waals surface area contributed by atoms with E-state index in [1.54, 1.807) is 6.07 Å². The van der Waals surface area contributed by atoms with Gasteiger partial charge < -0.3 is 10.0 Å². The molecule has 2 aromatic carbocycles. The molecule has 3 rings (SSSR count). The molecule has 1 aliphatic rings. The number of aliphatic hydroxyl groups excluding tert-OH is 1. The summed E-state index contributed by atoms with van der Waals surface area (Å²) < 4.78 is 27.7. The lowest BCUT2D eigenvalue weighted by Crippen LogP contribution is -2.32. The molecule has 0 aromatic heterocycles. The molecule has 1 fully saturated rings. The normalized spacial score (nSPS) is 20.5. The van der Waals surface area contributed by atoms with Crippen LogP contribution in [0.25, 0.3) is 0 Å². The van der Waals surface area contributed by atoms with E-state index in [0.717, 1.165) is 29.3 Å². The summed E-state index contributed by atoms with van der Waals surface area (Å²) in [6.45, 7) is 3.88. The first-order valence-electron chi connectivity index (χ1n) is 7.88. The molecule has 1 amide bonds. The van der Waals surface area contributed by atoms with Crippen LogP contribution in [-0.2, 0) is 0 Å². The van der Waals surface area contributed by atoms with Crippen LogP contribution in [0.4, 0.5) is 8.78 Å². The van der Waals surface area contributed by atoms with E-state index in [0.29, 0.717) is 5.56 Å².